The topological polar surface area (TPSA) is 100 Å². The average molecular weight is 390 g/mol. The molecular weight excluding hydrogens is 372 g/mol. The first-order valence-electron chi connectivity index (χ1n) is 8.45. The van der Waals surface area contributed by atoms with Gasteiger partial charge in [0.15, 0.2) is 5.13 Å². The Labute approximate surface area is 166 Å². The number of terminal acetylenes is 1. The molecule has 0 saturated heterocycles. The summed E-state index contributed by atoms with van der Waals surface area (Å²) in [6.07, 6.45) is 5.03. The number of hydrogen-bond acceptors (Lipinski definition) is 6. The van der Waals surface area contributed by atoms with Crippen molar-refractivity contribution in [3.63, 3.8) is 0 Å². The van der Waals surface area contributed by atoms with Gasteiger partial charge in [-0.05, 0) is 35.7 Å². The van der Waals surface area contributed by atoms with Crippen LogP contribution in [0.1, 0.15) is 16.7 Å². The lowest BCUT2D eigenvalue weighted by atomic mass is 10.1. The van der Waals surface area contributed by atoms with Crippen molar-refractivity contribution in [2.24, 2.45) is 0 Å². The molecule has 0 aliphatic carbocycles. The highest BCUT2D eigenvalue weighted by atomic mass is 32.1. The molecule has 1 heterocycles. The van der Waals surface area contributed by atoms with E-state index < -0.39 is 5.91 Å². The summed E-state index contributed by atoms with van der Waals surface area (Å²) in [5.41, 5.74) is 9.82. The van der Waals surface area contributed by atoms with E-state index >= 15 is 0 Å². The van der Waals surface area contributed by atoms with Crippen LogP contribution in [0, 0.1) is 24.2 Å². The van der Waals surface area contributed by atoms with Gasteiger partial charge in [-0.3, -0.25) is 4.79 Å². The minimum Gasteiger partial charge on any atom is -0.392 e. The summed E-state index contributed by atoms with van der Waals surface area (Å²) < 4.78 is 0.906. The van der Waals surface area contributed by atoms with Crippen LogP contribution in [0.25, 0.3) is 10.2 Å². The summed E-state index contributed by atoms with van der Waals surface area (Å²) in [5.74, 6) is 7.73. The number of carbonyl (C=O) groups excluding carboxylic acids is 1. The van der Waals surface area contributed by atoms with Crippen LogP contribution >= 0.6 is 11.3 Å². The van der Waals surface area contributed by atoms with Crippen molar-refractivity contribution >= 4 is 38.3 Å². The van der Waals surface area contributed by atoms with Gasteiger partial charge in [0.25, 0.3) is 5.91 Å². The van der Waals surface area contributed by atoms with Crippen LogP contribution in [0.2, 0.25) is 0 Å². The van der Waals surface area contributed by atoms with Gasteiger partial charge in [-0.15, -0.1) is 6.42 Å². The summed E-state index contributed by atoms with van der Waals surface area (Å²) in [7, 11) is 0. The maximum atomic E-state index is 11.1. The Kier molecular flexibility index (Phi) is 6.13. The lowest BCUT2D eigenvalue weighted by Crippen LogP contribution is -2.20. The monoisotopic (exact) mass is 390 g/mol. The molecule has 3 rings (SSSR count). The second-order valence-electron chi connectivity index (χ2n) is 5.88. The molecule has 0 saturated carbocycles. The summed E-state index contributed by atoms with van der Waals surface area (Å²) >= 11 is 1.37. The van der Waals surface area contributed by atoms with Crippen molar-refractivity contribution in [3.05, 3.63) is 53.1 Å². The number of amides is 1. The van der Waals surface area contributed by atoms with E-state index in [1.165, 1.54) is 11.3 Å². The Hall–Kier alpha value is -3.52. The van der Waals surface area contributed by atoms with E-state index in [1.807, 2.05) is 42.3 Å². The third-order valence-corrected chi connectivity index (χ3v) is 4.72. The van der Waals surface area contributed by atoms with Crippen molar-refractivity contribution in [2.45, 2.75) is 13.2 Å². The first kappa shape index (κ1) is 19.2. The van der Waals surface area contributed by atoms with Gasteiger partial charge in [0.1, 0.15) is 0 Å². The number of aliphatic hydroxyl groups is 1. The molecule has 0 fully saturated rings. The fourth-order valence-corrected chi connectivity index (χ4v) is 3.45. The van der Waals surface area contributed by atoms with Crippen LogP contribution in [-0.4, -0.2) is 22.5 Å². The number of nitrogens with zero attached hydrogens (tertiary/aromatic N) is 1. The number of nitrogen functional groups attached to an aromatic ring is 1. The van der Waals surface area contributed by atoms with Gasteiger partial charge in [0.05, 0.1) is 23.4 Å². The predicted octanol–water partition coefficient (Wildman–Crippen LogP) is 2.08. The highest BCUT2D eigenvalue weighted by Gasteiger charge is 2.07. The van der Waals surface area contributed by atoms with E-state index in [0.29, 0.717) is 23.8 Å². The van der Waals surface area contributed by atoms with E-state index in [0.717, 1.165) is 27.0 Å². The normalized spacial score (nSPS) is 10.0. The predicted molar refractivity (Wildman–Crippen MR) is 112 cm³/mol. The zero-order valence-corrected chi connectivity index (χ0v) is 15.8. The minimum absolute atomic E-state index is 0.115. The smallest absolute Gasteiger partial charge is 0.295 e. The maximum absolute atomic E-state index is 11.1. The van der Waals surface area contributed by atoms with E-state index in [1.54, 1.807) is 0 Å². The van der Waals surface area contributed by atoms with Gasteiger partial charge >= 0.3 is 0 Å². The van der Waals surface area contributed by atoms with Crippen molar-refractivity contribution in [2.75, 3.05) is 17.6 Å². The summed E-state index contributed by atoms with van der Waals surface area (Å²) in [5, 5.41) is 15.9. The maximum Gasteiger partial charge on any atom is 0.295 e. The second-order valence-corrected chi connectivity index (χ2v) is 6.94. The van der Waals surface area contributed by atoms with Crippen LogP contribution in [0.4, 0.5) is 10.8 Å². The molecule has 3 aromatic rings. The number of anilines is 2. The SMILES string of the molecule is C#CC(=O)NCc1cccc(NCC#Cc2cc(CO)c3nc(N)sc3c2)c1. The third kappa shape index (κ3) is 4.80. The summed E-state index contributed by atoms with van der Waals surface area (Å²) in [6, 6.07) is 11.4. The van der Waals surface area contributed by atoms with E-state index in [2.05, 4.69) is 27.5 Å². The Balaban J connectivity index is 1.65. The minimum atomic E-state index is -0.439. The highest BCUT2D eigenvalue weighted by Crippen LogP contribution is 2.27. The Morgan fingerprint density at radius 2 is 2.18 bits per heavy atom. The zero-order valence-electron chi connectivity index (χ0n) is 15.0. The molecule has 0 spiro atoms. The van der Waals surface area contributed by atoms with Gasteiger partial charge < -0.3 is 21.5 Å². The van der Waals surface area contributed by atoms with Crippen molar-refractivity contribution in [1.82, 2.24) is 10.3 Å². The molecule has 0 bridgehead atoms. The first-order valence-corrected chi connectivity index (χ1v) is 9.26. The molecule has 0 atom stereocenters. The van der Waals surface area contributed by atoms with Crippen molar-refractivity contribution in [1.29, 1.82) is 0 Å². The van der Waals surface area contributed by atoms with Crippen LogP contribution in [-0.2, 0) is 17.9 Å². The number of nitrogens with two attached hydrogens (primary N) is 1. The number of benzene rings is 2. The van der Waals surface area contributed by atoms with Gasteiger partial charge in [-0.1, -0.05) is 35.3 Å². The second kappa shape index (κ2) is 8.92. The summed E-state index contributed by atoms with van der Waals surface area (Å²) in [6.45, 7) is 0.695. The lowest BCUT2D eigenvalue weighted by Gasteiger charge is -2.06. The third-order valence-electron chi connectivity index (χ3n) is 3.89. The van der Waals surface area contributed by atoms with E-state index in [-0.39, 0.29) is 6.61 Å². The molecule has 7 heteroatoms. The van der Waals surface area contributed by atoms with Gasteiger partial charge in [0.2, 0.25) is 0 Å². The van der Waals surface area contributed by atoms with E-state index in [9.17, 15) is 9.90 Å². The number of hydrogen-bond donors (Lipinski definition) is 4. The van der Waals surface area contributed by atoms with Crippen LogP contribution in [0.15, 0.2) is 36.4 Å². The molecule has 2 aromatic carbocycles. The zero-order chi connectivity index (χ0) is 19.9. The van der Waals surface area contributed by atoms with Gasteiger partial charge in [-0.25, -0.2) is 4.98 Å². The Bertz CT molecular complexity index is 1120. The molecule has 0 radical (unpaired) electrons. The number of aliphatic hydroxyl groups excluding tert-OH is 1. The highest BCUT2D eigenvalue weighted by molar-refractivity contribution is 7.22. The van der Waals surface area contributed by atoms with Gasteiger partial charge in [0, 0.05) is 23.4 Å². The molecular formula is C21H18N4O2S. The fourth-order valence-electron chi connectivity index (χ4n) is 2.63. The number of aromatic nitrogens is 1. The molecule has 6 nitrogen and oxygen atoms in total. The average Bonchev–Trinajstić information content (AvgIpc) is 3.09. The summed E-state index contributed by atoms with van der Waals surface area (Å²) in [4.78, 5) is 15.4. The quantitative estimate of drug-likeness (QED) is 0.500. The molecule has 0 aliphatic rings. The largest absolute Gasteiger partial charge is 0.392 e. The molecule has 1 aromatic heterocycles. The number of thiazole rings is 1. The number of fused-ring (bicyclic) bond motifs is 1. The molecule has 5 N–H and O–H groups in total. The number of rotatable bonds is 5. The van der Waals surface area contributed by atoms with Crippen LogP contribution < -0.4 is 16.4 Å². The molecule has 1 amide bonds. The Morgan fingerprint density at radius 1 is 1.32 bits per heavy atom. The molecule has 28 heavy (non-hydrogen) atoms. The molecule has 0 unspecified atom stereocenters. The molecule has 0 aliphatic heterocycles. The van der Waals surface area contributed by atoms with Crippen LogP contribution in [0.5, 0.6) is 0 Å². The standard InChI is InChI=1S/C21H18N4O2S/c1-2-19(27)24-12-15-5-3-7-17(10-15)23-8-4-6-14-9-16(13-26)20-18(11-14)28-21(22)25-20/h1,3,5,7,9-11,23,26H,8,12-13H2,(H2,22,25)(H,24,27). The van der Waals surface area contributed by atoms with E-state index in [4.69, 9.17) is 12.2 Å². The first-order chi connectivity index (χ1) is 13.6. The number of nitrogens with one attached hydrogen (secondary N) is 2. The molecule has 140 valence electrons. The van der Waals surface area contributed by atoms with Crippen LogP contribution in [0.3, 0.4) is 0 Å². The van der Waals surface area contributed by atoms with Crippen molar-refractivity contribution < 1.29 is 9.90 Å². The van der Waals surface area contributed by atoms with Crippen molar-refractivity contribution in [3.8, 4) is 24.2 Å². The Morgan fingerprint density at radius 3 is 2.96 bits per heavy atom. The van der Waals surface area contributed by atoms with Gasteiger partial charge in [-0.2, -0.15) is 0 Å². The fraction of sp³-hybridized carbons (Fsp3) is 0.143. The lowest BCUT2D eigenvalue weighted by molar-refractivity contribution is -0.115. The number of carbonyl (C=O) groups is 1.